The van der Waals surface area contributed by atoms with Crippen LogP contribution in [0.1, 0.15) is 10.4 Å². The SMILES string of the molecule is COC(=O)c1ccc(Oc2c(Br)cncc2[N+](=O)[O-])cc1. The molecule has 0 aliphatic rings. The fourth-order valence-electron chi connectivity index (χ4n) is 1.54. The number of esters is 1. The zero-order valence-electron chi connectivity index (χ0n) is 10.8. The van der Waals surface area contributed by atoms with Crippen LogP contribution in [-0.4, -0.2) is 23.0 Å². The molecule has 1 aromatic carbocycles. The van der Waals surface area contributed by atoms with Gasteiger partial charge in [-0.3, -0.25) is 15.1 Å². The van der Waals surface area contributed by atoms with Crippen molar-refractivity contribution < 1.29 is 19.2 Å². The Morgan fingerprint density at radius 3 is 2.52 bits per heavy atom. The van der Waals surface area contributed by atoms with Crippen LogP contribution in [0, 0.1) is 10.1 Å². The summed E-state index contributed by atoms with van der Waals surface area (Å²) in [4.78, 5) is 25.4. The topological polar surface area (TPSA) is 91.6 Å². The highest BCUT2D eigenvalue weighted by Crippen LogP contribution is 2.37. The summed E-state index contributed by atoms with van der Waals surface area (Å²) in [6.07, 6.45) is 2.49. The maximum Gasteiger partial charge on any atom is 0.337 e. The van der Waals surface area contributed by atoms with Crippen molar-refractivity contribution in [3.05, 3.63) is 56.8 Å². The Morgan fingerprint density at radius 2 is 1.95 bits per heavy atom. The number of methoxy groups -OCH3 is 1. The maximum absolute atomic E-state index is 11.3. The standard InChI is InChI=1S/C13H9BrN2O5/c1-20-13(17)8-2-4-9(5-3-8)21-12-10(14)6-15-7-11(12)16(18)19/h2-7H,1H3. The van der Waals surface area contributed by atoms with Gasteiger partial charge in [-0.15, -0.1) is 0 Å². The minimum atomic E-state index is -0.587. The molecule has 0 atom stereocenters. The van der Waals surface area contributed by atoms with Crippen molar-refractivity contribution in [1.29, 1.82) is 0 Å². The predicted molar refractivity (Wildman–Crippen MR) is 76.4 cm³/mol. The van der Waals surface area contributed by atoms with E-state index in [1.165, 1.54) is 37.6 Å². The average Bonchev–Trinajstić information content (AvgIpc) is 2.49. The lowest BCUT2D eigenvalue weighted by atomic mass is 10.2. The van der Waals surface area contributed by atoms with Crippen molar-refractivity contribution in [3.8, 4) is 11.5 Å². The second-order valence-electron chi connectivity index (χ2n) is 3.84. The monoisotopic (exact) mass is 352 g/mol. The molecule has 2 aromatic rings. The van der Waals surface area contributed by atoms with Crippen LogP contribution in [0.4, 0.5) is 5.69 Å². The van der Waals surface area contributed by atoms with E-state index in [0.29, 0.717) is 15.8 Å². The fourth-order valence-corrected chi connectivity index (χ4v) is 1.94. The number of hydrogen-bond acceptors (Lipinski definition) is 6. The molecule has 2 rings (SSSR count). The van der Waals surface area contributed by atoms with Gasteiger partial charge in [-0.2, -0.15) is 0 Å². The highest BCUT2D eigenvalue weighted by atomic mass is 79.9. The lowest BCUT2D eigenvalue weighted by molar-refractivity contribution is -0.386. The molecule has 0 aliphatic heterocycles. The van der Waals surface area contributed by atoms with E-state index in [1.807, 2.05) is 0 Å². The van der Waals surface area contributed by atoms with E-state index in [1.54, 1.807) is 0 Å². The lowest BCUT2D eigenvalue weighted by Crippen LogP contribution is -2.00. The molecule has 1 heterocycles. The summed E-state index contributed by atoms with van der Waals surface area (Å²) in [5.74, 6) is -0.0870. The van der Waals surface area contributed by atoms with Crippen molar-refractivity contribution in [2.24, 2.45) is 0 Å². The number of pyridine rings is 1. The Bertz CT molecular complexity index is 687. The number of ether oxygens (including phenoxy) is 2. The number of rotatable bonds is 4. The first-order valence-corrected chi connectivity index (χ1v) is 6.46. The molecule has 0 N–H and O–H groups in total. The van der Waals surface area contributed by atoms with Gasteiger partial charge in [-0.05, 0) is 40.2 Å². The van der Waals surface area contributed by atoms with Gasteiger partial charge >= 0.3 is 11.7 Å². The highest BCUT2D eigenvalue weighted by Gasteiger charge is 2.19. The molecule has 0 radical (unpaired) electrons. The molecular formula is C13H9BrN2O5. The fraction of sp³-hybridized carbons (Fsp3) is 0.0769. The minimum Gasteiger partial charge on any atom is -0.465 e. The van der Waals surface area contributed by atoms with Crippen LogP contribution >= 0.6 is 15.9 Å². The molecule has 0 bridgehead atoms. The molecule has 0 spiro atoms. The number of nitrogens with zero attached hydrogens (tertiary/aromatic N) is 2. The van der Waals surface area contributed by atoms with E-state index in [2.05, 4.69) is 25.7 Å². The molecule has 0 aliphatic carbocycles. The van der Waals surface area contributed by atoms with Crippen LogP contribution in [-0.2, 0) is 4.74 Å². The first-order chi connectivity index (χ1) is 10.0. The number of aromatic nitrogens is 1. The molecule has 21 heavy (non-hydrogen) atoms. The second-order valence-corrected chi connectivity index (χ2v) is 4.70. The maximum atomic E-state index is 11.3. The molecular weight excluding hydrogens is 344 g/mol. The lowest BCUT2D eigenvalue weighted by Gasteiger charge is -2.08. The zero-order chi connectivity index (χ0) is 15.4. The summed E-state index contributed by atoms with van der Waals surface area (Å²) in [6.45, 7) is 0. The van der Waals surface area contributed by atoms with Crippen LogP contribution in [0.5, 0.6) is 11.5 Å². The van der Waals surface area contributed by atoms with Crippen molar-refractivity contribution in [3.63, 3.8) is 0 Å². The van der Waals surface area contributed by atoms with Gasteiger partial charge in [0.1, 0.15) is 11.9 Å². The van der Waals surface area contributed by atoms with Crippen molar-refractivity contribution >= 4 is 27.6 Å². The largest absolute Gasteiger partial charge is 0.465 e. The molecule has 1 aromatic heterocycles. The Hall–Kier alpha value is -2.48. The van der Waals surface area contributed by atoms with E-state index in [0.717, 1.165) is 6.20 Å². The third-order valence-corrected chi connectivity index (χ3v) is 3.09. The van der Waals surface area contributed by atoms with Crippen LogP contribution in [0.3, 0.4) is 0 Å². The highest BCUT2D eigenvalue weighted by molar-refractivity contribution is 9.10. The van der Waals surface area contributed by atoms with E-state index in [-0.39, 0.29) is 11.4 Å². The average molecular weight is 353 g/mol. The Labute approximate surface area is 127 Å². The number of carbonyl (C=O) groups excluding carboxylic acids is 1. The van der Waals surface area contributed by atoms with Gasteiger partial charge in [0.05, 0.1) is 22.1 Å². The summed E-state index contributed by atoms with van der Waals surface area (Å²) in [5, 5.41) is 11.0. The number of hydrogen-bond donors (Lipinski definition) is 0. The van der Waals surface area contributed by atoms with Crippen molar-refractivity contribution in [1.82, 2.24) is 4.98 Å². The van der Waals surface area contributed by atoms with Crippen LogP contribution in [0.25, 0.3) is 0 Å². The predicted octanol–water partition coefficient (Wildman–Crippen LogP) is 3.33. The second kappa shape index (κ2) is 6.31. The third kappa shape index (κ3) is 3.34. The Kier molecular flexibility index (Phi) is 4.49. The zero-order valence-corrected chi connectivity index (χ0v) is 12.4. The molecule has 0 amide bonds. The van der Waals surface area contributed by atoms with Gasteiger partial charge in [-0.25, -0.2) is 4.79 Å². The Morgan fingerprint density at radius 1 is 1.29 bits per heavy atom. The normalized spacial score (nSPS) is 10.0. The molecule has 7 nitrogen and oxygen atoms in total. The molecule has 8 heteroatoms. The summed E-state index contributed by atoms with van der Waals surface area (Å²) in [5.41, 5.74) is 0.0922. The van der Waals surface area contributed by atoms with Gasteiger partial charge in [0, 0.05) is 6.20 Å². The third-order valence-electron chi connectivity index (χ3n) is 2.53. The van der Waals surface area contributed by atoms with Gasteiger partial charge in [-0.1, -0.05) is 0 Å². The van der Waals surface area contributed by atoms with E-state index in [9.17, 15) is 14.9 Å². The summed E-state index contributed by atoms with van der Waals surface area (Å²) >= 11 is 3.16. The van der Waals surface area contributed by atoms with Crippen LogP contribution in [0.2, 0.25) is 0 Å². The number of benzene rings is 1. The van der Waals surface area contributed by atoms with Gasteiger partial charge in [0.2, 0.25) is 5.75 Å². The first-order valence-electron chi connectivity index (χ1n) is 5.67. The summed E-state index contributed by atoms with van der Waals surface area (Å²) in [6, 6.07) is 6.04. The van der Waals surface area contributed by atoms with Gasteiger partial charge < -0.3 is 9.47 Å². The number of carbonyl (C=O) groups is 1. The molecule has 0 saturated carbocycles. The van der Waals surface area contributed by atoms with Gasteiger partial charge in [0.15, 0.2) is 0 Å². The van der Waals surface area contributed by atoms with E-state index in [4.69, 9.17) is 4.74 Å². The number of nitro groups is 1. The first kappa shape index (κ1) is 14.9. The summed E-state index contributed by atoms with van der Waals surface area (Å²) in [7, 11) is 1.28. The quantitative estimate of drug-likeness (QED) is 0.476. The van der Waals surface area contributed by atoms with Crippen LogP contribution in [0.15, 0.2) is 41.1 Å². The van der Waals surface area contributed by atoms with E-state index >= 15 is 0 Å². The molecule has 0 saturated heterocycles. The summed E-state index contributed by atoms with van der Waals surface area (Å²) < 4.78 is 10.4. The molecule has 108 valence electrons. The van der Waals surface area contributed by atoms with Crippen LogP contribution < -0.4 is 4.74 Å². The Balaban J connectivity index is 2.30. The molecule has 0 unspecified atom stereocenters. The minimum absolute atomic E-state index is 0.0424. The number of halogens is 1. The molecule has 0 fully saturated rings. The van der Waals surface area contributed by atoms with E-state index < -0.39 is 10.9 Å². The van der Waals surface area contributed by atoms with Gasteiger partial charge in [0.25, 0.3) is 0 Å². The van der Waals surface area contributed by atoms with Crippen molar-refractivity contribution in [2.45, 2.75) is 0 Å². The smallest absolute Gasteiger partial charge is 0.337 e. The van der Waals surface area contributed by atoms with Crippen molar-refractivity contribution in [2.75, 3.05) is 7.11 Å².